The van der Waals surface area contributed by atoms with Gasteiger partial charge >= 0.3 is 0 Å². The SMILES string of the molecule is CCCC(O)c1cc(C)c(-c2cc3cnc(NC(=O)C4CC4)cc3c3ncn(C)c23)cn1. The van der Waals surface area contributed by atoms with Crippen molar-refractivity contribution >= 4 is 33.5 Å². The molecule has 3 heterocycles. The van der Waals surface area contributed by atoms with Crippen molar-refractivity contribution in [1.29, 1.82) is 0 Å². The summed E-state index contributed by atoms with van der Waals surface area (Å²) in [5.74, 6) is 0.720. The van der Waals surface area contributed by atoms with E-state index in [-0.39, 0.29) is 11.8 Å². The van der Waals surface area contributed by atoms with Crippen LogP contribution >= 0.6 is 0 Å². The average molecular weight is 430 g/mol. The molecule has 0 radical (unpaired) electrons. The molecular weight excluding hydrogens is 402 g/mol. The van der Waals surface area contributed by atoms with Gasteiger partial charge in [0.05, 0.1) is 29.2 Å². The zero-order valence-corrected chi connectivity index (χ0v) is 18.6. The summed E-state index contributed by atoms with van der Waals surface area (Å²) in [5.41, 5.74) is 5.62. The number of anilines is 1. The summed E-state index contributed by atoms with van der Waals surface area (Å²) in [6, 6.07) is 5.98. The van der Waals surface area contributed by atoms with E-state index in [1.165, 1.54) is 0 Å². The number of nitrogens with zero attached hydrogens (tertiary/aromatic N) is 4. The van der Waals surface area contributed by atoms with E-state index in [1.807, 2.05) is 36.9 Å². The molecule has 7 nitrogen and oxygen atoms in total. The maximum atomic E-state index is 12.2. The number of aliphatic hydroxyl groups excluding tert-OH is 1. The summed E-state index contributed by atoms with van der Waals surface area (Å²) in [4.78, 5) is 25.9. The number of fused-ring (bicyclic) bond motifs is 3. The van der Waals surface area contributed by atoms with Gasteiger partial charge in [-0.05, 0) is 49.9 Å². The quantitative estimate of drug-likeness (QED) is 0.464. The van der Waals surface area contributed by atoms with Gasteiger partial charge in [-0.15, -0.1) is 0 Å². The van der Waals surface area contributed by atoms with E-state index in [2.05, 4.69) is 33.3 Å². The number of aromatic nitrogens is 4. The van der Waals surface area contributed by atoms with Crippen molar-refractivity contribution in [3.8, 4) is 11.1 Å². The van der Waals surface area contributed by atoms with Gasteiger partial charge in [-0.1, -0.05) is 13.3 Å². The molecule has 1 aliphatic rings. The highest BCUT2D eigenvalue weighted by Crippen LogP contribution is 2.37. The van der Waals surface area contributed by atoms with Crippen LogP contribution < -0.4 is 5.32 Å². The number of benzene rings is 1. The lowest BCUT2D eigenvalue weighted by Crippen LogP contribution is -2.14. The second-order valence-corrected chi connectivity index (χ2v) is 8.76. The minimum absolute atomic E-state index is 0.0396. The van der Waals surface area contributed by atoms with E-state index in [4.69, 9.17) is 0 Å². The highest BCUT2D eigenvalue weighted by Gasteiger charge is 2.30. The molecule has 1 atom stereocenters. The van der Waals surface area contributed by atoms with Crippen LogP contribution in [0.25, 0.3) is 32.9 Å². The van der Waals surface area contributed by atoms with Crippen LogP contribution in [0.15, 0.2) is 36.9 Å². The molecule has 1 aromatic carbocycles. The highest BCUT2D eigenvalue weighted by molar-refractivity contribution is 6.11. The average Bonchev–Trinajstić information content (AvgIpc) is 3.56. The number of aryl methyl sites for hydroxylation is 2. The first kappa shape index (κ1) is 20.6. The number of carbonyl (C=O) groups excluding carboxylic acids is 1. The van der Waals surface area contributed by atoms with Gasteiger partial charge in [0.15, 0.2) is 0 Å². The van der Waals surface area contributed by atoms with Gasteiger partial charge in [0.25, 0.3) is 0 Å². The predicted molar refractivity (Wildman–Crippen MR) is 125 cm³/mol. The second-order valence-electron chi connectivity index (χ2n) is 8.76. The van der Waals surface area contributed by atoms with Gasteiger partial charge in [-0.3, -0.25) is 9.78 Å². The zero-order valence-electron chi connectivity index (χ0n) is 18.6. The van der Waals surface area contributed by atoms with E-state index in [0.29, 0.717) is 17.9 Å². The van der Waals surface area contributed by atoms with E-state index in [0.717, 1.165) is 57.8 Å². The Balaban J connectivity index is 1.62. The Hall–Kier alpha value is -3.32. The Bertz CT molecular complexity index is 1340. The molecule has 32 heavy (non-hydrogen) atoms. The maximum Gasteiger partial charge on any atom is 0.228 e. The molecule has 0 spiro atoms. The van der Waals surface area contributed by atoms with Crippen LogP contribution in [-0.4, -0.2) is 30.5 Å². The van der Waals surface area contributed by atoms with Crippen LogP contribution in [0.2, 0.25) is 0 Å². The summed E-state index contributed by atoms with van der Waals surface area (Å²) in [6.07, 6.45) is 8.39. The smallest absolute Gasteiger partial charge is 0.228 e. The topological polar surface area (TPSA) is 92.9 Å². The number of rotatable bonds is 6. The Morgan fingerprint density at radius 1 is 1.19 bits per heavy atom. The Labute approximate surface area is 186 Å². The molecule has 1 aliphatic carbocycles. The Morgan fingerprint density at radius 3 is 2.72 bits per heavy atom. The molecule has 5 rings (SSSR count). The van der Waals surface area contributed by atoms with Crippen molar-refractivity contribution in [2.45, 2.75) is 45.6 Å². The third-order valence-corrected chi connectivity index (χ3v) is 6.21. The largest absolute Gasteiger partial charge is 0.387 e. The molecule has 1 unspecified atom stereocenters. The first-order valence-corrected chi connectivity index (χ1v) is 11.2. The van der Waals surface area contributed by atoms with Crippen LogP contribution in [0.4, 0.5) is 5.82 Å². The van der Waals surface area contributed by atoms with Gasteiger partial charge < -0.3 is 15.0 Å². The van der Waals surface area contributed by atoms with Gasteiger partial charge in [0, 0.05) is 47.3 Å². The predicted octanol–water partition coefficient (Wildman–Crippen LogP) is 4.67. The third-order valence-electron chi connectivity index (χ3n) is 6.21. The minimum atomic E-state index is -0.547. The van der Waals surface area contributed by atoms with Crippen molar-refractivity contribution in [3.63, 3.8) is 0 Å². The monoisotopic (exact) mass is 429 g/mol. The lowest BCUT2D eigenvalue weighted by atomic mass is 9.96. The summed E-state index contributed by atoms with van der Waals surface area (Å²) in [5, 5.41) is 15.2. The lowest BCUT2D eigenvalue weighted by Gasteiger charge is -2.14. The van der Waals surface area contributed by atoms with Crippen LogP contribution in [0.1, 0.15) is 50.0 Å². The number of pyridine rings is 2. The lowest BCUT2D eigenvalue weighted by molar-refractivity contribution is -0.117. The van der Waals surface area contributed by atoms with E-state index in [9.17, 15) is 9.90 Å². The summed E-state index contributed by atoms with van der Waals surface area (Å²) in [6.45, 7) is 4.09. The first-order valence-electron chi connectivity index (χ1n) is 11.2. The van der Waals surface area contributed by atoms with Crippen LogP contribution in [0.5, 0.6) is 0 Å². The molecule has 1 fully saturated rings. The minimum Gasteiger partial charge on any atom is -0.387 e. The van der Waals surface area contributed by atoms with Crippen LogP contribution in [0.3, 0.4) is 0 Å². The van der Waals surface area contributed by atoms with Gasteiger partial charge in [-0.25, -0.2) is 9.97 Å². The molecule has 0 saturated heterocycles. The molecule has 2 N–H and O–H groups in total. The summed E-state index contributed by atoms with van der Waals surface area (Å²) < 4.78 is 2.01. The van der Waals surface area contributed by atoms with Crippen molar-refractivity contribution in [1.82, 2.24) is 19.5 Å². The maximum absolute atomic E-state index is 12.2. The van der Waals surface area contributed by atoms with Gasteiger partial charge in [0.1, 0.15) is 5.82 Å². The standard InChI is InChI=1S/C25H27N5O2/c1-4-5-21(31)20-8-14(2)19(12-26-20)18-9-16-11-27-22(29-25(32)15-6-7-15)10-17(16)23-24(18)30(3)13-28-23/h8-13,15,21,31H,4-7H2,1-3H3,(H,27,29,32). The number of amides is 1. The van der Waals surface area contributed by atoms with Gasteiger partial charge in [-0.2, -0.15) is 0 Å². The number of carbonyl (C=O) groups is 1. The molecule has 3 aromatic heterocycles. The number of imidazole rings is 1. The third kappa shape index (κ3) is 3.62. The summed E-state index contributed by atoms with van der Waals surface area (Å²) >= 11 is 0. The molecule has 0 bridgehead atoms. The fourth-order valence-corrected chi connectivity index (χ4v) is 4.27. The van der Waals surface area contributed by atoms with Gasteiger partial charge in [0.2, 0.25) is 5.91 Å². The first-order chi connectivity index (χ1) is 15.5. The zero-order chi connectivity index (χ0) is 22.4. The van der Waals surface area contributed by atoms with Crippen LogP contribution in [-0.2, 0) is 11.8 Å². The molecule has 164 valence electrons. The Kier molecular flexibility index (Phi) is 5.13. The van der Waals surface area contributed by atoms with E-state index < -0.39 is 6.10 Å². The highest BCUT2D eigenvalue weighted by atomic mass is 16.3. The van der Waals surface area contributed by atoms with Crippen LogP contribution in [0, 0.1) is 12.8 Å². The summed E-state index contributed by atoms with van der Waals surface area (Å²) in [7, 11) is 1.98. The number of aliphatic hydroxyl groups is 1. The van der Waals surface area contributed by atoms with Crippen molar-refractivity contribution in [2.75, 3.05) is 5.32 Å². The Morgan fingerprint density at radius 2 is 2.00 bits per heavy atom. The van der Waals surface area contributed by atoms with Crippen molar-refractivity contribution in [3.05, 3.63) is 48.2 Å². The normalized spacial score (nSPS) is 14.8. The number of hydrogen-bond donors (Lipinski definition) is 2. The number of hydrogen-bond acceptors (Lipinski definition) is 5. The molecule has 7 heteroatoms. The molecule has 0 aliphatic heterocycles. The fraction of sp³-hybridized carbons (Fsp3) is 0.360. The van der Waals surface area contributed by atoms with Crippen molar-refractivity contribution < 1.29 is 9.90 Å². The second kappa shape index (κ2) is 7.98. The fourth-order valence-electron chi connectivity index (χ4n) is 4.27. The molecule has 4 aromatic rings. The molecule has 1 saturated carbocycles. The molecule has 1 amide bonds. The van der Waals surface area contributed by atoms with Crippen molar-refractivity contribution in [2.24, 2.45) is 13.0 Å². The number of nitrogens with one attached hydrogen (secondary N) is 1. The molecular formula is C25H27N5O2. The van der Waals surface area contributed by atoms with E-state index >= 15 is 0 Å². The van der Waals surface area contributed by atoms with E-state index in [1.54, 1.807) is 12.5 Å².